The third kappa shape index (κ3) is 7.18. The number of likely N-dealkylation sites (tertiary alicyclic amines) is 1. The van der Waals surface area contributed by atoms with E-state index in [2.05, 4.69) is 20.3 Å². The van der Waals surface area contributed by atoms with Crippen molar-refractivity contribution in [3.8, 4) is 23.0 Å². The van der Waals surface area contributed by atoms with Crippen LogP contribution in [0.2, 0.25) is 0 Å². The Kier molecular flexibility index (Phi) is 9.66. The first-order valence-electron chi connectivity index (χ1n) is 19.6. The van der Waals surface area contributed by atoms with E-state index in [1.807, 2.05) is 4.90 Å². The molecule has 6 aliphatic rings. The summed E-state index contributed by atoms with van der Waals surface area (Å²) in [6.07, 6.45) is -6.63. The van der Waals surface area contributed by atoms with Crippen LogP contribution in [0.3, 0.4) is 0 Å². The third-order valence-electron chi connectivity index (χ3n) is 12.2. The van der Waals surface area contributed by atoms with Gasteiger partial charge in [-0.25, -0.2) is 27.2 Å². The van der Waals surface area contributed by atoms with Crippen LogP contribution >= 0.6 is 0 Å². The van der Waals surface area contributed by atoms with Crippen molar-refractivity contribution in [1.82, 2.24) is 30.1 Å². The van der Waals surface area contributed by atoms with E-state index in [4.69, 9.17) is 14.2 Å². The molecule has 4 saturated heterocycles. The standard InChI is InChI=1S/C40H40F7N7O5/c1-38-14-22(41)17-52(19-38)34-27-16-48-32(31(44)33(27)49-35(50-34)58-20-39-8-3-9-53(39)18-23(42)15-39)26-13-24(59-37(56)54-10-7-29(54)40(45,46)47)12-21-5-6-28(43)25(30(21)26)4-2-11-57-36(55)51-38/h5-6,12-13,16,22-23,29H,2-4,7-11,14-15,17-20H2,1H3,(H,51,55)/t22-,23-,29+,38-,39+/m1/s1. The Balaban J connectivity index is 1.21. The number of pyridine rings is 1. The molecule has 2 aromatic carbocycles. The largest absolute Gasteiger partial charge is 0.461 e. The molecule has 0 aliphatic carbocycles. The van der Waals surface area contributed by atoms with Crippen molar-refractivity contribution in [2.24, 2.45) is 0 Å². The van der Waals surface area contributed by atoms with E-state index in [-0.39, 0.29) is 128 Å². The number of amides is 2. The number of piperidine rings is 1. The van der Waals surface area contributed by atoms with Crippen molar-refractivity contribution in [1.29, 1.82) is 0 Å². The fourth-order valence-corrected chi connectivity index (χ4v) is 9.54. The molecule has 314 valence electrons. The topological polar surface area (TPSA) is 122 Å². The summed E-state index contributed by atoms with van der Waals surface area (Å²) in [5.41, 5.74) is -2.50. The molecule has 6 bridgehead atoms. The molecule has 0 saturated carbocycles. The molecule has 19 heteroatoms. The molecule has 2 aromatic heterocycles. The van der Waals surface area contributed by atoms with Crippen molar-refractivity contribution < 1.29 is 54.5 Å². The van der Waals surface area contributed by atoms with Crippen molar-refractivity contribution in [3.63, 3.8) is 0 Å². The van der Waals surface area contributed by atoms with Crippen LogP contribution in [0.4, 0.5) is 46.1 Å². The summed E-state index contributed by atoms with van der Waals surface area (Å²) in [5, 5.41) is 3.20. The molecule has 8 heterocycles. The summed E-state index contributed by atoms with van der Waals surface area (Å²) >= 11 is 0. The lowest BCUT2D eigenvalue weighted by Gasteiger charge is -2.42. The van der Waals surface area contributed by atoms with Crippen LogP contribution in [0.5, 0.6) is 11.8 Å². The molecule has 0 radical (unpaired) electrons. The Hall–Kier alpha value is -5.20. The normalized spacial score (nSPS) is 27.4. The highest BCUT2D eigenvalue weighted by Gasteiger charge is 2.52. The number of aryl methyl sites for hydroxylation is 1. The molecular formula is C40H40F7N7O5. The summed E-state index contributed by atoms with van der Waals surface area (Å²) in [4.78, 5) is 43.8. The monoisotopic (exact) mass is 831 g/mol. The highest BCUT2D eigenvalue weighted by Crippen LogP contribution is 2.43. The lowest BCUT2D eigenvalue weighted by Crippen LogP contribution is -2.60. The van der Waals surface area contributed by atoms with Gasteiger partial charge < -0.3 is 24.4 Å². The van der Waals surface area contributed by atoms with Gasteiger partial charge in [0.15, 0.2) is 5.82 Å². The predicted octanol–water partition coefficient (Wildman–Crippen LogP) is 7.19. The van der Waals surface area contributed by atoms with E-state index in [0.717, 1.165) is 12.5 Å². The number of fused-ring (bicyclic) bond motifs is 7. The number of anilines is 1. The molecule has 12 nitrogen and oxygen atoms in total. The number of alkyl halides is 5. The summed E-state index contributed by atoms with van der Waals surface area (Å²) in [7, 11) is 0. The van der Waals surface area contributed by atoms with E-state index in [9.17, 15) is 27.2 Å². The Labute approximate surface area is 333 Å². The van der Waals surface area contributed by atoms with Crippen molar-refractivity contribution in [2.75, 3.05) is 50.8 Å². The number of nitrogens with one attached hydrogen (secondary N) is 1. The second kappa shape index (κ2) is 14.5. The number of rotatable bonds is 4. The molecular weight excluding hydrogens is 791 g/mol. The first-order valence-corrected chi connectivity index (χ1v) is 19.6. The number of hydrogen-bond donors (Lipinski definition) is 1. The van der Waals surface area contributed by atoms with Gasteiger partial charge >= 0.3 is 24.4 Å². The van der Waals surface area contributed by atoms with Crippen LogP contribution < -0.4 is 19.7 Å². The van der Waals surface area contributed by atoms with Gasteiger partial charge in [-0.3, -0.25) is 14.8 Å². The molecule has 6 aliphatic heterocycles. The minimum Gasteiger partial charge on any atom is -0.461 e. The molecule has 10 rings (SSSR count). The highest BCUT2D eigenvalue weighted by molar-refractivity contribution is 6.02. The summed E-state index contributed by atoms with van der Waals surface area (Å²) in [5.74, 6) is -1.93. The van der Waals surface area contributed by atoms with Crippen LogP contribution in [-0.4, -0.2) is 119 Å². The number of benzene rings is 2. The molecule has 0 spiro atoms. The highest BCUT2D eigenvalue weighted by atomic mass is 19.4. The number of halogens is 7. The average Bonchev–Trinajstić information content (AvgIpc) is 3.66. The van der Waals surface area contributed by atoms with E-state index >= 15 is 13.2 Å². The smallest absolute Gasteiger partial charge is 0.415 e. The Morgan fingerprint density at radius 2 is 1.88 bits per heavy atom. The van der Waals surface area contributed by atoms with Crippen LogP contribution in [0.15, 0.2) is 30.5 Å². The molecule has 4 aromatic rings. The first-order chi connectivity index (χ1) is 28.1. The maximum absolute atomic E-state index is 17.5. The van der Waals surface area contributed by atoms with Gasteiger partial charge in [0.1, 0.15) is 53.6 Å². The van der Waals surface area contributed by atoms with Gasteiger partial charge in [0.2, 0.25) is 0 Å². The van der Waals surface area contributed by atoms with Gasteiger partial charge in [0.05, 0.1) is 29.6 Å². The van der Waals surface area contributed by atoms with Crippen LogP contribution in [0.1, 0.15) is 51.0 Å². The van der Waals surface area contributed by atoms with E-state index in [1.54, 1.807) is 6.92 Å². The first kappa shape index (κ1) is 39.3. The SMILES string of the molecule is C[C@@]12C[C@@H](F)CN(C1)c1nc(OC[C@@]34CCCN3C[C@H](F)C4)nc3c(F)c(ncc13)-c1cc(OC(=O)N3CC[C@H]3C(F)(F)F)cc3ccc(F)c(c13)CCCOC(=O)N2. The van der Waals surface area contributed by atoms with Crippen LogP contribution in [0.25, 0.3) is 32.9 Å². The van der Waals surface area contributed by atoms with Crippen LogP contribution in [0, 0.1) is 11.6 Å². The molecule has 59 heavy (non-hydrogen) atoms. The van der Waals surface area contributed by atoms with Gasteiger partial charge in [-0.05, 0) is 80.1 Å². The van der Waals surface area contributed by atoms with Gasteiger partial charge in [0.25, 0.3) is 0 Å². The zero-order valence-electron chi connectivity index (χ0n) is 31.9. The number of ether oxygens (including phenoxy) is 3. The lowest BCUT2D eigenvalue weighted by molar-refractivity contribution is -0.201. The summed E-state index contributed by atoms with van der Waals surface area (Å²) in [6, 6.07) is 2.72. The molecule has 0 unspecified atom stereocenters. The minimum atomic E-state index is -4.68. The second-order valence-electron chi connectivity index (χ2n) is 16.5. The fourth-order valence-electron chi connectivity index (χ4n) is 9.54. The number of nitrogens with zero attached hydrogens (tertiary/aromatic N) is 6. The number of aromatic nitrogens is 3. The zero-order valence-corrected chi connectivity index (χ0v) is 31.9. The minimum absolute atomic E-state index is 0.00952. The number of carbonyl (C=O) groups excluding carboxylic acids is 2. The van der Waals surface area contributed by atoms with Gasteiger partial charge in [0, 0.05) is 44.2 Å². The fraction of sp³-hybridized carbons (Fsp3) is 0.525. The quantitative estimate of drug-likeness (QED) is 0.212. The third-order valence-corrected chi connectivity index (χ3v) is 12.2. The van der Waals surface area contributed by atoms with Crippen molar-refractivity contribution >= 4 is 39.7 Å². The van der Waals surface area contributed by atoms with Crippen molar-refractivity contribution in [2.45, 2.75) is 87.5 Å². The maximum Gasteiger partial charge on any atom is 0.415 e. The number of hydrogen-bond acceptors (Lipinski definition) is 10. The van der Waals surface area contributed by atoms with Crippen LogP contribution in [-0.2, 0) is 11.2 Å². The predicted molar refractivity (Wildman–Crippen MR) is 199 cm³/mol. The van der Waals surface area contributed by atoms with E-state index in [0.29, 0.717) is 17.9 Å². The Morgan fingerprint density at radius 3 is 2.66 bits per heavy atom. The molecule has 2 amide bonds. The molecule has 4 fully saturated rings. The number of carbonyl (C=O) groups is 2. The Morgan fingerprint density at radius 1 is 1.07 bits per heavy atom. The maximum atomic E-state index is 17.5. The van der Waals surface area contributed by atoms with Gasteiger partial charge in [-0.1, -0.05) is 6.07 Å². The average molecular weight is 832 g/mol. The Bertz CT molecular complexity index is 2350. The summed E-state index contributed by atoms with van der Waals surface area (Å²) in [6.45, 7) is 2.01. The molecule has 5 atom stereocenters. The summed E-state index contributed by atoms with van der Waals surface area (Å²) < 4.78 is 121. The van der Waals surface area contributed by atoms with E-state index in [1.165, 1.54) is 29.3 Å². The van der Waals surface area contributed by atoms with Gasteiger partial charge in [-0.2, -0.15) is 23.1 Å². The van der Waals surface area contributed by atoms with Crippen molar-refractivity contribution in [3.05, 3.63) is 47.7 Å². The van der Waals surface area contributed by atoms with Gasteiger partial charge in [-0.15, -0.1) is 0 Å². The second-order valence-corrected chi connectivity index (χ2v) is 16.5. The van der Waals surface area contributed by atoms with E-state index < -0.39 is 59.5 Å². The molecule has 1 N–H and O–H groups in total. The lowest BCUT2D eigenvalue weighted by atomic mass is 9.90. The number of alkyl carbamates (subject to hydrolysis) is 1. The zero-order chi connectivity index (χ0) is 41.4.